The quantitative estimate of drug-likeness (QED) is 0.329. The lowest BCUT2D eigenvalue weighted by Crippen LogP contribution is -2.46. The molecule has 0 aromatic rings. The molecule has 1 atom stereocenters. The summed E-state index contributed by atoms with van der Waals surface area (Å²) >= 11 is 0. The molecule has 0 aromatic carbocycles. The lowest BCUT2D eigenvalue weighted by atomic mass is 10.2. The summed E-state index contributed by atoms with van der Waals surface area (Å²) in [6.07, 6.45) is 0.433. The van der Waals surface area contributed by atoms with E-state index in [1.54, 1.807) is 0 Å². The van der Waals surface area contributed by atoms with E-state index in [-0.39, 0.29) is 11.0 Å². The van der Waals surface area contributed by atoms with Gasteiger partial charge in [-0.1, -0.05) is 20.8 Å². The Morgan fingerprint density at radius 3 is 2.07 bits per heavy atom. The summed E-state index contributed by atoms with van der Waals surface area (Å²) < 4.78 is 16.3. The summed E-state index contributed by atoms with van der Waals surface area (Å²) in [5.41, 5.74) is -0.495. The van der Waals surface area contributed by atoms with Crippen molar-refractivity contribution < 1.29 is 23.5 Å². The highest BCUT2D eigenvalue weighted by Crippen LogP contribution is 2.37. The van der Waals surface area contributed by atoms with Gasteiger partial charge < -0.3 is 24.5 Å². The van der Waals surface area contributed by atoms with E-state index in [0.717, 1.165) is 13.0 Å². The maximum atomic E-state index is 12.1. The Balaban J connectivity index is 4.19. The van der Waals surface area contributed by atoms with Gasteiger partial charge in [-0.25, -0.2) is 9.59 Å². The lowest BCUT2D eigenvalue weighted by molar-refractivity contribution is -0.149. The van der Waals surface area contributed by atoms with Crippen LogP contribution in [0.25, 0.3) is 0 Å². The number of hydrogen-bond acceptors (Lipinski definition) is 6. The normalized spacial score (nSPS) is 13.8. The molecule has 160 valence electrons. The van der Waals surface area contributed by atoms with Crippen molar-refractivity contribution in [3.8, 4) is 0 Å². The van der Waals surface area contributed by atoms with E-state index in [2.05, 4.69) is 44.5 Å². The molecule has 0 fully saturated rings. The zero-order valence-electron chi connectivity index (χ0n) is 18.7. The van der Waals surface area contributed by atoms with Gasteiger partial charge in [0.2, 0.25) is 0 Å². The van der Waals surface area contributed by atoms with Crippen LogP contribution in [0, 0.1) is 0 Å². The summed E-state index contributed by atoms with van der Waals surface area (Å²) in [5.74, 6) is -0.314. The molecule has 0 radical (unpaired) electrons. The van der Waals surface area contributed by atoms with Gasteiger partial charge in [-0.15, -0.1) is 0 Å². The molecule has 0 saturated heterocycles. The van der Waals surface area contributed by atoms with E-state index in [0.29, 0.717) is 19.5 Å². The summed E-state index contributed by atoms with van der Waals surface area (Å²) in [5, 5.41) is 5.97. The van der Waals surface area contributed by atoms with Crippen molar-refractivity contribution in [2.75, 3.05) is 26.7 Å². The summed E-state index contributed by atoms with van der Waals surface area (Å²) in [6, 6.07) is 0. The van der Waals surface area contributed by atoms with Gasteiger partial charge in [-0.05, 0) is 58.3 Å². The monoisotopic (exact) mass is 404 g/mol. The average Bonchev–Trinajstić information content (AvgIpc) is 2.49. The van der Waals surface area contributed by atoms with E-state index >= 15 is 0 Å². The number of carbonyl (C=O) groups excluding carboxylic acids is 2. The highest BCUT2D eigenvalue weighted by molar-refractivity contribution is 6.74. The zero-order chi connectivity index (χ0) is 21.3. The molecule has 0 rings (SSSR count). The van der Waals surface area contributed by atoms with Gasteiger partial charge in [-0.2, -0.15) is 0 Å². The van der Waals surface area contributed by atoms with Crippen LogP contribution in [0.4, 0.5) is 4.79 Å². The molecular weight excluding hydrogens is 364 g/mol. The van der Waals surface area contributed by atoms with Crippen LogP contribution in [0.2, 0.25) is 18.1 Å². The standard InChI is InChI=1S/C19H40N2O5Si/c1-18(2,3)25-17(23)21-14-13-20-12-10-11-15(16(22)24-7)26-27(8,9)19(4,5)6/h15,20H,10-14H2,1-9H3,(H,21,23)/t15-/m1/s1. The summed E-state index contributed by atoms with van der Waals surface area (Å²) in [4.78, 5) is 23.6. The topological polar surface area (TPSA) is 85.9 Å². The largest absolute Gasteiger partial charge is 0.467 e. The predicted octanol–water partition coefficient (Wildman–Crippen LogP) is 3.44. The molecule has 0 heterocycles. The number of esters is 1. The number of alkyl carbamates (subject to hydrolysis) is 1. The van der Waals surface area contributed by atoms with Gasteiger partial charge in [0, 0.05) is 13.1 Å². The Labute approximate surface area is 166 Å². The average molecular weight is 405 g/mol. The molecule has 7 nitrogen and oxygen atoms in total. The van der Waals surface area contributed by atoms with E-state index in [9.17, 15) is 9.59 Å². The van der Waals surface area contributed by atoms with Crippen LogP contribution >= 0.6 is 0 Å². The van der Waals surface area contributed by atoms with E-state index in [4.69, 9.17) is 13.9 Å². The Hall–Kier alpha value is -1.12. The molecule has 0 aliphatic rings. The fourth-order valence-electron chi connectivity index (χ4n) is 1.99. The van der Waals surface area contributed by atoms with Crippen LogP contribution in [-0.4, -0.2) is 58.8 Å². The fourth-order valence-corrected chi connectivity index (χ4v) is 3.27. The molecule has 27 heavy (non-hydrogen) atoms. The van der Waals surface area contributed by atoms with Gasteiger partial charge in [0.25, 0.3) is 0 Å². The van der Waals surface area contributed by atoms with Crippen LogP contribution in [0.5, 0.6) is 0 Å². The molecule has 0 aliphatic heterocycles. The number of hydrogen-bond donors (Lipinski definition) is 2. The third-order valence-electron chi connectivity index (χ3n) is 4.50. The van der Waals surface area contributed by atoms with Crippen molar-refractivity contribution >= 4 is 20.4 Å². The Kier molecular flexibility index (Phi) is 10.6. The fraction of sp³-hybridized carbons (Fsp3) is 0.895. The molecule has 8 heteroatoms. The van der Waals surface area contributed by atoms with Crippen molar-refractivity contribution in [3.05, 3.63) is 0 Å². The van der Waals surface area contributed by atoms with Gasteiger partial charge in [-0.3, -0.25) is 0 Å². The molecule has 1 amide bonds. The minimum Gasteiger partial charge on any atom is -0.467 e. The number of nitrogens with one attached hydrogen (secondary N) is 2. The number of carbonyl (C=O) groups is 2. The zero-order valence-corrected chi connectivity index (χ0v) is 19.7. The van der Waals surface area contributed by atoms with Crippen LogP contribution in [0.15, 0.2) is 0 Å². The molecule has 0 unspecified atom stereocenters. The minimum absolute atomic E-state index is 0.0326. The predicted molar refractivity (Wildman–Crippen MR) is 110 cm³/mol. The summed E-state index contributed by atoms with van der Waals surface area (Å²) in [6.45, 7) is 18.0. The van der Waals surface area contributed by atoms with Crippen molar-refractivity contribution in [1.82, 2.24) is 10.6 Å². The van der Waals surface area contributed by atoms with Gasteiger partial charge in [0.15, 0.2) is 8.32 Å². The minimum atomic E-state index is -2.04. The van der Waals surface area contributed by atoms with Crippen LogP contribution in [-0.2, 0) is 18.7 Å². The third-order valence-corrected chi connectivity index (χ3v) is 8.98. The number of ether oxygens (including phenoxy) is 2. The first-order valence-corrected chi connectivity index (χ1v) is 12.5. The molecule has 0 aromatic heterocycles. The second-order valence-corrected chi connectivity index (χ2v) is 14.0. The van der Waals surface area contributed by atoms with Crippen LogP contribution < -0.4 is 10.6 Å². The molecule has 0 saturated carbocycles. The molecular formula is C19H40N2O5Si. The highest BCUT2D eigenvalue weighted by atomic mass is 28.4. The van der Waals surface area contributed by atoms with E-state index < -0.39 is 26.1 Å². The Morgan fingerprint density at radius 1 is 1.00 bits per heavy atom. The second kappa shape index (κ2) is 11.0. The first-order chi connectivity index (χ1) is 12.2. The maximum Gasteiger partial charge on any atom is 0.407 e. The van der Waals surface area contributed by atoms with Gasteiger partial charge in [0.05, 0.1) is 7.11 Å². The second-order valence-electron chi connectivity index (χ2n) is 9.21. The SMILES string of the molecule is COC(=O)[C@@H](CCCNCCNC(=O)OC(C)(C)C)O[Si](C)(C)C(C)(C)C. The Morgan fingerprint density at radius 2 is 1.59 bits per heavy atom. The van der Waals surface area contributed by atoms with E-state index in [1.165, 1.54) is 7.11 Å². The first-order valence-electron chi connectivity index (χ1n) is 9.63. The molecule has 0 spiro atoms. The Bertz CT molecular complexity index is 470. The number of amides is 1. The molecule has 0 aliphatic carbocycles. The number of methoxy groups -OCH3 is 1. The van der Waals surface area contributed by atoms with Crippen molar-refractivity contribution in [1.29, 1.82) is 0 Å². The summed E-state index contributed by atoms with van der Waals surface area (Å²) in [7, 11) is -0.649. The molecule has 0 bridgehead atoms. The van der Waals surface area contributed by atoms with E-state index in [1.807, 2.05) is 20.8 Å². The van der Waals surface area contributed by atoms with Crippen LogP contribution in [0.3, 0.4) is 0 Å². The molecule has 2 N–H and O–H groups in total. The van der Waals surface area contributed by atoms with Crippen molar-refractivity contribution in [3.63, 3.8) is 0 Å². The van der Waals surface area contributed by atoms with Gasteiger partial charge >= 0.3 is 12.1 Å². The number of rotatable bonds is 10. The van der Waals surface area contributed by atoms with Gasteiger partial charge in [0.1, 0.15) is 11.7 Å². The van der Waals surface area contributed by atoms with Crippen molar-refractivity contribution in [2.45, 2.75) is 84.2 Å². The van der Waals surface area contributed by atoms with Crippen LogP contribution in [0.1, 0.15) is 54.4 Å². The smallest absolute Gasteiger partial charge is 0.407 e. The van der Waals surface area contributed by atoms with Crippen molar-refractivity contribution in [2.24, 2.45) is 0 Å². The lowest BCUT2D eigenvalue weighted by Gasteiger charge is -2.38. The highest BCUT2D eigenvalue weighted by Gasteiger charge is 2.40. The first kappa shape index (κ1) is 25.9. The third kappa shape index (κ3) is 11.3. The maximum absolute atomic E-state index is 12.1.